The van der Waals surface area contributed by atoms with Crippen LogP contribution in [-0.2, 0) is 13.5 Å². The lowest BCUT2D eigenvalue weighted by atomic mass is 10.2. The number of hydrogen-bond acceptors (Lipinski definition) is 3. The first-order valence-electron chi connectivity index (χ1n) is 6.18. The molecule has 3 aromatic rings. The minimum Gasteiger partial charge on any atom is -0.469 e. The molecular weight excluding hydrogens is 238 g/mol. The molecule has 19 heavy (non-hydrogen) atoms. The van der Waals surface area contributed by atoms with E-state index < -0.39 is 0 Å². The van der Waals surface area contributed by atoms with Gasteiger partial charge in [-0.15, -0.1) is 0 Å². The van der Waals surface area contributed by atoms with Crippen molar-refractivity contribution < 1.29 is 4.42 Å². The summed E-state index contributed by atoms with van der Waals surface area (Å²) in [7, 11) is 1.96. The van der Waals surface area contributed by atoms with Crippen LogP contribution in [0.15, 0.2) is 34.9 Å². The van der Waals surface area contributed by atoms with Crippen LogP contribution in [0.25, 0.3) is 22.4 Å². The lowest BCUT2D eigenvalue weighted by Gasteiger charge is -2.01. The molecule has 1 aromatic carbocycles. The highest BCUT2D eigenvalue weighted by molar-refractivity contribution is 5.85. The minimum atomic E-state index is 0.598. The van der Waals surface area contributed by atoms with Crippen molar-refractivity contribution in [3.8, 4) is 17.5 Å². The van der Waals surface area contributed by atoms with Gasteiger partial charge in [-0.2, -0.15) is 5.26 Å². The average Bonchev–Trinajstić information content (AvgIpc) is 3.03. The van der Waals surface area contributed by atoms with E-state index in [0.717, 1.165) is 34.6 Å². The summed E-state index contributed by atoms with van der Waals surface area (Å²) in [6.07, 6.45) is 2.50. The molecule has 0 atom stereocenters. The van der Waals surface area contributed by atoms with Crippen LogP contribution in [0, 0.1) is 11.3 Å². The molecule has 0 aliphatic rings. The number of para-hydroxylation sites is 1. The van der Waals surface area contributed by atoms with Gasteiger partial charge in [0.1, 0.15) is 23.2 Å². The Balaban J connectivity index is 2.32. The van der Waals surface area contributed by atoms with Crippen LogP contribution in [0.3, 0.4) is 0 Å². The molecular formula is C15H13N3O. The molecule has 0 amide bonds. The number of benzene rings is 1. The van der Waals surface area contributed by atoms with Crippen LogP contribution in [0.2, 0.25) is 0 Å². The van der Waals surface area contributed by atoms with Gasteiger partial charge in [-0.3, -0.25) is 0 Å². The fourth-order valence-corrected chi connectivity index (χ4v) is 2.36. The number of aromatic nitrogens is 2. The van der Waals surface area contributed by atoms with E-state index in [1.54, 1.807) is 12.3 Å². The van der Waals surface area contributed by atoms with E-state index in [-0.39, 0.29) is 0 Å². The van der Waals surface area contributed by atoms with Crippen LogP contribution >= 0.6 is 0 Å². The van der Waals surface area contributed by atoms with Crippen LogP contribution in [0.4, 0.5) is 0 Å². The third-order valence-electron chi connectivity index (χ3n) is 3.34. The van der Waals surface area contributed by atoms with E-state index in [9.17, 15) is 0 Å². The van der Waals surface area contributed by atoms with Crippen LogP contribution < -0.4 is 0 Å². The number of hydrogen-bond donors (Lipinski definition) is 0. The standard InChI is InChI=1S/C15H13N3O/c1-3-13-11(7-8-19-13)15-17-14-10(9-16)5-4-6-12(14)18(15)2/h4-8H,3H2,1-2H3. The molecule has 0 N–H and O–H groups in total. The third-order valence-corrected chi connectivity index (χ3v) is 3.34. The van der Waals surface area contributed by atoms with Gasteiger partial charge in [-0.05, 0) is 18.2 Å². The van der Waals surface area contributed by atoms with E-state index >= 15 is 0 Å². The number of nitrogens with zero attached hydrogens (tertiary/aromatic N) is 3. The molecule has 3 rings (SSSR count). The Morgan fingerprint density at radius 2 is 2.21 bits per heavy atom. The maximum absolute atomic E-state index is 9.15. The summed E-state index contributed by atoms with van der Waals surface area (Å²) < 4.78 is 7.46. The second kappa shape index (κ2) is 4.29. The van der Waals surface area contributed by atoms with Crippen molar-refractivity contribution in [1.82, 2.24) is 9.55 Å². The SMILES string of the molecule is CCc1occc1-c1nc2c(C#N)cccc2n1C. The molecule has 0 aliphatic heterocycles. The second-order valence-electron chi connectivity index (χ2n) is 4.39. The minimum absolute atomic E-state index is 0.598. The summed E-state index contributed by atoms with van der Waals surface area (Å²) in [5.41, 5.74) is 3.29. The highest BCUT2D eigenvalue weighted by Gasteiger charge is 2.16. The van der Waals surface area contributed by atoms with E-state index in [1.807, 2.05) is 36.7 Å². The van der Waals surface area contributed by atoms with Crippen molar-refractivity contribution in [1.29, 1.82) is 5.26 Å². The summed E-state index contributed by atoms with van der Waals surface area (Å²) >= 11 is 0. The van der Waals surface area contributed by atoms with Crippen molar-refractivity contribution in [2.45, 2.75) is 13.3 Å². The van der Waals surface area contributed by atoms with Gasteiger partial charge in [0.2, 0.25) is 0 Å². The molecule has 0 radical (unpaired) electrons. The number of furan rings is 1. The van der Waals surface area contributed by atoms with E-state index in [2.05, 4.69) is 11.1 Å². The molecule has 94 valence electrons. The van der Waals surface area contributed by atoms with E-state index in [1.165, 1.54) is 0 Å². The van der Waals surface area contributed by atoms with Gasteiger partial charge in [0.05, 0.1) is 22.9 Å². The molecule has 4 nitrogen and oxygen atoms in total. The first-order chi connectivity index (χ1) is 9.26. The van der Waals surface area contributed by atoms with E-state index in [4.69, 9.17) is 9.68 Å². The van der Waals surface area contributed by atoms with Crippen molar-refractivity contribution in [2.24, 2.45) is 7.05 Å². The monoisotopic (exact) mass is 251 g/mol. The van der Waals surface area contributed by atoms with Crippen LogP contribution in [0.5, 0.6) is 0 Å². The molecule has 2 heterocycles. The Morgan fingerprint density at radius 3 is 2.95 bits per heavy atom. The molecule has 0 unspecified atom stereocenters. The number of nitriles is 1. The molecule has 0 bridgehead atoms. The van der Waals surface area contributed by atoms with Gasteiger partial charge >= 0.3 is 0 Å². The zero-order valence-corrected chi connectivity index (χ0v) is 10.8. The summed E-state index contributed by atoms with van der Waals surface area (Å²) in [6.45, 7) is 2.05. The molecule has 0 aliphatic carbocycles. The lowest BCUT2D eigenvalue weighted by molar-refractivity contribution is 0.517. The van der Waals surface area contributed by atoms with Gasteiger partial charge in [0.15, 0.2) is 0 Å². The van der Waals surface area contributed by atoms with Gasteiger partial charge in [0.25, 0.3) is 0 Å². The zero-order chi connectivity index (χ0) is 13.4. The molecule has 2 aromatic heterocycles. The Bertz CT molecular complexity index is 789. The largest absolute Gasteiger partial charge is 0.469 e. The third kappa shape index (κ3) is 1.63. The van der Waals surface area contributed by atoms with Gasteiger partial charge in [-0.25, -0.2) is 4.98 Å². The zero-order valence-electron chi connectivity index (χ0n) is 10.8. The first kappa shape index (κ1) is 11.5. The quantitative estimate of drug-likeness (QED) is 0.702. The summed E-state index contributed by atoms with van der Waals surface area (Å²) in [5, 5.41) is 9.15. The smallest absolute Gasteiger partial charge is 0.144 e. The number of imidazole rings is 1. The first-order valence-corrected chi connectivity index (χ1v) is 6.18. The molecule has 0 saturated carbocycles. The molecule has 4 heteroatoms. The highest BCUT2D eigenvalue weighted by atomic mass is 16.3. The highest BCUT2D eigenvalue weighted by Crippen LogP contribution is 2.28. The maximum Gasteiger partial charge on any atom is 0.144 e. The molecule has 0 spiro atoms. The topological polar surface area (TPSA) is 54.8 Å². The van der Waals surface area contributed by atoms with Crippen molar-refractivity contribution >= 4 is 11.0 Å². The number of fused-ring (bicyclic) bond motifs is 1. The Morgan fingerprint density at radius 1 is 1.37 bits per heavy atom. The number of rotatable bonds is 2. The van der Waals surface area contributed by atoms with Gasteiger partial charge in [0, 0.05) is 13.5 Å². The predicted octanol–water partition coefficient (Wildman–Crippen LogP) is 3.27. The van der Waals surface area contributed by atoms with Gasteiger partial charge in [-0.1, -0.05) is 13.0 Å². The van der Waals surface area contributed by atoms with Crippen molar-refractivity contribution in [3.05, 3.63) is 41.9 Å². The Labute approximate surface area is 110 Å². The summed E-state index contributed by atoms with van der Waals surface area (Å²) in [5.74, 6) is 1.75. The van der Waals surface area contributed by atoms with Crippen LogP contribution in [0.1, 0.15) is 18.2 Å². The molecule has 0 fully saturated rings. The predicted molar refractivity (Wildman–Crippen MR) is 72.5 cm³/mol. The van der Waals surface area contributed by atoms with Crippen LogP contribution in [-0.4, -0.2) is 9.55 Å². The normalized spacial score (nSPS) is 10.8. The Hall–Kier alpha value is -2.54. The van der Waals surface area contributed by atoms with Crippen molar-refractivity contribution in [3.63, 3.8) is 0 Å². The van der Waals surface area contributed by atoms with Crippen molar-refractivity contribution in [2.75, 3.05) is 0 Å². The number of aryl methyl sites for hydroxylation is 2. The second-order valence-corrected chi connectivity index (χ2v) is 4.39. The fourth-order valence-electron chi connectivity index (χ4n) is 2.36. The van der Waals surface area contributed by atoms with Gasteiger partial charge < -0.3 is 8.98 Å². The van der Waals surface area contributed by atoms with E-state index in [0.29, 0.717) is 5.56 Å². The summed E-state index contributed by atoms with van der Waals surface area (Å²) in [6, 6.07) is 9.74. The molecule has 0 saturated heterocycles. The maximum atomic E-state index is 9.15. The Kier molecular flexibility index (Phi) is 2.60. The lowest BCUT2D eigenvalue weighted by Crippen LogP contribution is -1.93. The summed E-state index contributed by atoms with van der Waals surface area (Å²) in [4.78, 5) is 4.61. The average molecular weight is 251 g/mol. The fraction of sp³-hybridized carbons (Fsp3) is 0.200.